The maximum Gasteiger partial charge on any atom is 0.255 e. The fourth-order valence-corrected chi connectivity index (χ4v) is 3.62. The number of hydrogen-bond donors (Lipinski definition) is 1. The van der Waals surface area contributed by atoms with Gasteiger partial charge in [0.15, 0.2) is 0 Å². The molecule has 1 amide bonds. The number of nitrogens with zero attached hydrogens (tertiary/aromatic N) is 2. The lowest BCUT2D eigenvalue weighted by Crippen LogP contribution is -2.32. The van der Waals surface area contributed by atoms with Gasteiger partial charge in [-0.25, -0.2) is 0 Å². The topological polar surface area (TPSA) is 62.7 Å². The monoisotopic (exact) mass is 382 g/mol. The summed E-state index contributed by atoms with van der Waals surface area (Å²) in [6.45, 7) is 3.12. The van der Waals surface area contributed by atoms with Crippen LogP contribution >= 0.6 is 11.6 Å². The predicted molar refractivity (Wildman–Crippen MR) is 104 cm³/mol. The van der Waals surface area contributed by atoms with E-state index >= 15 is 0 Å². The van der Waals surface area contributed by atoms with Crippen molar-refractivity contribution in [3.63, 3.8) is 0 Å². The molecule has 3 aromatic rings. The summed E-state index contributed by atoms with van der Waals surface area (Å²) in [4.78, 5) is 19.6. The molecule has 4 rings (SSSR count). The van der Waals surface area contributed by atoms with Gasteiger partial charge in [0, 0.05) is 23.2 Å². The van der Waals surface area contributed by atoms with Gasteiger partial charge < -0.3 is 14.7 Å². The molecule has 2 heterocycles. The van der Waals surface area contributed by atoms with Crippen LogP contribution in [0.25, 0.3) is 10.9 Å². The molecule has 0 aliphatic carbocycles. The molecule has 6 heteroatoms. The van der Waals surface area contributed by atoms with Crippen molar-refractivity contribution < 1.29 is 14.6 Å². The number of fused-ring (bicyclic) bond motifs is 2. The molecule has 0 saturated heterocycles. The molecule has 0 saturated carbocycles. The summed E-state index contributed by atoms with van der Waals surface area (Å²) in [5.41, 5.74) is 3.65. The largest absolute Gasteiger partial charge is 0.491 e. The molecule has 1 aliphatic rings. The average Bonchev–Trinajstić information content (AvgIpc) is 2.89. The number of benzene rings is 2. The zero-order chi connectivity index (χ0) is 19.0. The molecule has 0 radical (unpaired) electrons. The van der Waals surface area contributed by atoms with Crippen molar-refractivity contribution in [2.45, 2.75) is 20.1 Å². The summed E-state index contributed by atoms with van der Waals surface area (Å²) < 4.78 is 5.79. The first kappa shape index (κ1) is 17.8. The first-order chi connectivity index (χ1) is 13.1. The first-order valence-electron chi connectivity index (χ1n) is 8.77. The Balaban J connectivity index is 1.74. The molecule has 138 valence electrons. The van der Waals surface area contributed by atoms with Gasteiger partial charge in [0.1, 0.15) is 12.4 Å². The predicted octanol–water partition coefficient (Wildman–Crippen LogP) is 3.72. The van der Waals surface area contributed by atoms with Crippen LogP contribution in [0, 0.1) is 6.92 Å². The third-order valence-corrected chi connectivity index (χ3v) is 5.03. The van der Waals surface area contributed by atoms with E-state index in [4.69, 9.17) is 16.3 Å². The van der Waals surface area contributed by atoms with E-state index in [1.807, 2.05) is 37.3 Å². The minimum Gasteiger partial charge on any atom is -0.491 e. The van der Waals surface area contributed by atoms with Gasteiger partial charge >= 0.3 is 0 Å². The third kappa shape index (κ3) is 3.36. The molecule has 5 nitrogen and oxygen atoms in total. The van der Waals surface area contributed by atoms with E-state index < -0.39 is 0 Å². The minimum atomic E-state index is -0.0846. The average molecular weight is 383 g/mol. The molecule has 0 spiro atoms. The van der Waals surface area contributed by atoms with E-state index in [1.54, 1.807) is 17.0 Å². The Labute approximate surface area is 162 Å². The van der Waals surface area contributed by atoms with Crippen molar-refractivity contribution in [2.75, 3.05) is 13.2 Å². The molecule has 0 bridgehead atoms. The lowest BCUT2D eigenvalue weighted by molar-refractivity contribution is 0.0735. The lowest BCUT2D eigenvalue weighted by Gasteiger charge is -2.21. The van der Waals surface area contributed by atoms with Crippen molar-refractivity contribution in [1.29, 1.82) is 0 Å². The molecule has 1 aliphatic heterocycles. The number of ether oxygens (including phenoxy) is 1. The summed E-state index contributed by atoms with van der Waals surface area (Å²) in [5, 5.41) is 10.7. The van der Waals surface area contributed by atoms with Gasteiger partial charge in [-0.3, -0.25) is 9.78 Å². The van der Waals surface area contributed by atoms with Crippen LogP contribution in [0.4, 0.5) is 0 Å². The van der Waals surface area contributed by atoms with Crippen molar-refractivity contribution in [1.82, 2.24) is 9.88 Å². The highest BCUT2D eigenvalue weighted by Gasteiger charge is 2.23. The van der Waals surface area contributed by atoms with Crippen LogP contribution in [-0.2, 0) is 13.2 Å². The first-order valence-corrected chi connectivity index (χ1v) is 9.15. The number of carbonyl (C=O) groups is 1. The van der Waals surface area contributed by atoms with Crippen LogP contribution in [0.3, 0.4) is 0 Å². The lowest BCUT2D eigenvalue weighted by atomic mass is 10.1. The van der Waals surface area contributed by atoms with E-state index in [0.29, 0.717) is 35.8 Å². The summed E-state index contributed by atoms with van der Waals surface area (Å²) in [7, 11) is 0. The number of para-hydroxylation sites is 1. The quantitative estimate of drug-likeness (QED) is 0.733. The van der Waals surface area contributed by atoms with E-state index in [1.165, 1.54) is 0 Å². The maximum atomic E-state index is 13.3. The van der Waals surface area contributed by atoms with Crippen LogP contribution in [0.5, 0.6) is 5.75 Å². The van der Waals surface area contributed by atoms with Gasteiger partial charge in [-0.2, -0.15) is 0 Å². The van der Waals surface area contributed by atoms with E-state index in [2.05, 4.69) is 4.98 Å². The van der Waals surface area contributed by atoms with Crippen LogP contribution < -0.4 is 4.74 Å². The van der Waals surface area contributed by atoms with Gasteiger partial charge in [0.2, 0.25) is 0 Å². The Morgan fingerprint density at radius 1 is 1.30 bits per heavy atom. The Morgan fingerprint density at radius 3 is 2.96 bits per heavy atom. The summed E-state index contributed by atoms with van der Waals surface area (Å²) in [6, 6.07) is 12.8. The second kappa shape index (κ2) is 7.18. The van der Waals surface area contributed by atoms with Crippen LogP contribution in [0.2, 0.25) is 5.02 Å². The number of amides is 1. The van der Waals surface area contributed by atoms with Gasteiger partial charge in [0.05, 0.1) is 29.3 Å². The molecular weight excluding hydrogens is 364 g/mol. The molecule has 2 aromatic carbocycles. The highest BCUT2D eigenvalue weighted by molar-refractivity contribution is 6.35. The SMILES string of the molecule is Cc1cc(C(=O)N2CCOc3ccc(CO)cc3C2)c2cccc(Cl)c2n1. The third-order valence-electron chi connectivity index (χ3n) is 4.72. The Morgan fingerprint density at radius 2 is 2.15 bits per heavy atom. The number of aliphatic hydroxyl groups excluding tert-OH is 1. The molecule has 1 aromatic heterocycles. The van der Waals surface area contributed by atoms with Crippen molar-refractivity contribution in [3.05, 3.63) is 69.9 Å². The second-order valence-corrected chi connectivity index (χ2v) is 7.03. The molecule has 0 fully saturated rings. The highest BCUT2D eigenvalue weighted by atomic mass is 35.5. The fraction of sp³-hybridized carbons (Fsp3) is 0.238. The van der Waals surface area contributed by atoms with E-state index in [0.717, 1.165) is 28.0 Å². The number of pyridine rings is 1. The van der Waals surface area contributed by atoms with Gasteiger partial charge in [-0.15, -0.1) is 0 Å². The number of halogens is 1. The van der Waals surface area contributed by atoms with Gasteiger partial charge in [-0.05, 0) is 36.8 Å². The smallest absolute Gasteiger partial charge is 0.255 e. The van der Waals surface area contributed by atoms with Crippen LogP contribution in [-0.4, -0.2) is 34.0 Å². The maximum absolute atomic E-state index is 13.3. The number of aliphatic hydroxyl groups is 1. The van der Waals surface area contributed by atoms with Gasteiger partial charge in [-0.1, -0.05) is 29.8 Å². The molecular formula is C21H19ClN2O3. The Hall–Kier alpha value is -2.63. The Kier molecular flexibility index (Phi) is 4.72. The number of rotatable bonds is 2. The van der Waals surface area contributed by atoms with Crippen molar-refractivity contribution >= 4 is 28.4 Å². The van der Waals surface area contributed by atoms with Gasteiger partial charge in [0.25, 0.3) is 5.91 Å². The molecule has 0 atom stereocenters. The summed E-state index contributed by atoms with van der Waals surface area (Å²) >= 11 is 6.29. The minimum absolute atomic E-state index is 0.0477. The van der Waals surface area contributed by atoms with Crippen LogP contribution in [0.15, 0.2) is 42.5 Å². The molecule has 1 N–H and O–H groups in total. The standard InChI is InChI=1S/C21H19ClN2O3/c1-13-9-17(16-3-2-4-18(22)20(16)23-13)21(26)24-7-8-27-19-6-5-14(12-25)10-15(19)11-24/h2-6,9-10,25H,7-8,11-12H2,1H3. The van der Waals surface area contributed by atoms with Crippen LogP contribution in [0.1, 0.15) is 27.2 Å². The normalized spacial score (nSPS) is 13.8. The van der Waals surface area contributed by atoms with Crippen molar-refractivity contribution in [3.8, 4) is 5.75 Å². The zero-order valence-electron chi connectivity index (χ0n) is 14.9. The number of aryl methyl sites for hydroxylation is 1. The Bertz CT molecular complexity index is 1040. The highest BCUT2D eigenvalue weighted by Crippen LogP contribution is 2.29. The number of carbonyl (C=O) groups excluding carboxylic acids is 1. The van der Waals surface area contributed by atoms with E-state index in [-0.39, 0.29) is 12.5 Å². The molecule has 27 heavy (non-hydrogen) atoms. The summed E-state index contributed by atoms with van der Waals surface area (Å²) in [5.74, 6) is 0.667. The van der Waals surface area contributed by atoms with E-state index in [9.17, 15) is 9.90 Å². The number of aromatic nitrogens is 1. The fourth-order valence-electron chi connectivity index (χ4n) is 3.41. The number of hydrogen-bond acceptors (Lipinski definition) is 4. The second-order valence-electron chi connectivity index (χ2n) is 6.62. The summed E-state index contributed by atoms with van der Waals surface area (Å²) in [6.07, 6.45) is 0. The zero-order valence-corrected chi connectivity index (χ0v) is 15.7. The molecule has 0 unspecified atom stereocenters. The van der Waals surface area contributed by atoms with Crippen molar-refractivity contribution in [2.24, 2.45) is 0 Å².